The molecular formula is C16H30O4S2. The van der Waals surface area contributed by atoms with Crippen molar-refractivity contribution in [2.45, 2.75) is 82.8 Å². The lowest BCUT2D eigenvalue weighted by Gasteiger charge is -2.08. The quantitative estimate of drug-likeness (QED) is 0.294. The molecule has 0 aromatic rings. The Kier molecular flexibility index (Phi) is 15.3. The summed E-state index contributed by atoms with van der Waals surface area (Å²) in [5.41, 5.74) is 0. The van der Waals surface area contributed by atoms with Gasteiger partial charge in [0.1, 0.15) is 5.25 Å². The first-order chi connectivity index (χ1) is 10.6. The van der Waals surface area contributed by atoms with Gasteiger partial charge in [-0.1, -0.05) is 86.3 Å². The van der Waals surface area contributed by atoms with Gasteiger partial charge in [0.15, 0.2) is 0 Å². The highest BCUT2D eigenvalue weighted by molar-refractivity contribution is 8.77. The van der Waals surface area contributed by atoms with E-state index in [-0.39, 0.29) is 6.42 Å². The van der Waals surface area contributed by atoms with Gasteiger partial charge >= 0.3 is 11.9 Å². The smallest absolute Gasteiger partial charge is 0.318 e. The molecule has 2 N–H and O–H groups in total. The predicted octanol–water partition coefficient (Wildman–Crippen LogP) is 5.22. The average Bonchev–Trinajstić information content (AvgIpc) is 2.46. The first kappa shape index (κ1) is 21.6. The zero-order valence-corrected chi connectivity index (χ0v) is 15.2. The molecule has 4 nitrogen and oxygen atoms in total. The number of rotatable bonds is 16. The highest BCUT2D eigenvalue weighted by Crippen LogP contribution is 2.30. The van der Waals surface area contributed by atoms with E-state index < -0.39 is 17.2 Å². The Labute approximate surface area is 142 Å². The van der Waals surface area contributed by atoms with Gasteiger partial charge in [-0.2, -0.15) is 0 Å². The molecule has 0 bridgehead atoms. The van der Waals surface area contributed by atoms with Crippen molar-refractivity contribution in [3.05, 3.63) is 0 Å². The molecule has 0 spiro atoms. The molecule has 0 saturated heterocycles. The lowest BCUT2D eigenvalue weighted by Crippen LogP contribution is -2.19. The Morgan fingerprint density at radius 1 is 0.864 bits per heavy atom. The molecule has 0 rings (SSSR count). The molecule has 1 atom stereocenters. The number of hydrogen-bond acceptors (Lipinski definition) is 4. The fourth-order valence-electron chi connectivity index (χ4n) is 2.10. The summed E-state index contributed by atoms with van der Waals surface area (Å²) in [4.78, 5) is 21.4. The summed E-state index contributed by atoms with van der Waals surface area (Å²) in [5, 5.41) is 16.7. The van der Waals surface area contributed by atoms with Crippen LogP contribution in [0.4, 0.5) is 0 Å². The summed E-state index contributed by atoms with van der Waals surface area (Å²) in [5.74, 6) is -1.20. The Bertz CT molecular complexity index is 298. The van der Waals surface area contributed by atoms with Crippen LogP contribution in [-0.2, 0) is 9.59 Å². The van der Waals surface area contributed by atoms with Crippen LogP contribution in [0.2, 0.25) is 0 Å². The van der Waals surface area contributed by atoms with Crippen LogP contribution in [0.25, 0.3) is 0 Å². The summed E-state index contributed by atoms with van der Waals surface area (Å²) in [6.45, 7) is 2.23. The fraction of sp³-hybridized carbons (Fsp3) is 0.875. The van der Waals surface area contributed by atoms with E-state index in [1.807, 2.05) is 0 Å². The molecule has 0 saturated carbocycles. The van der Waals surface area contributed by atoms with Gasteiger partial charge in [-0.15, -0.1) is 0 Å². The van der Waals surface area contributed by atoms with Crippen molar-refractivity contribution in [3.8, 4) is 0 Å². The largest absolute Gasteiger partial charge is 0.481 e. The van der Waals surface area contributed by atoms with Gasteiger partial charge in [-0.05, 0) is 6.42 Å². The standard InChI is InChI=1S/C16H30O4S2/c1-2-3-4-5-6-7-8-9-10-11-12-21-22-14(16(19)20)13-15(17)18/h14H,2-13H2,1H3,(H,17,18)(H,19,20). The summed E-state index contributed by atoms with van der Waals surface area (Å²) in [7, 11) is 2.66. The van der Waals surface area contributed by atoms with E-state index in [0.717, 1.165) is 12.2 Å². The van der Waals surface area contributed by atoms with E-state index in [2.05, 4.69) is 6.92 Å². The van der Waals surface area contributed by atoms with Gasteiger partial charge in [0, 0.05) is 5.75 Å². The van der Waals surface area contributed by atoms with Crippen LogP contribution in [0.5, 0.6) is 0 Å². The number of carbonyl (C=O) groups is 2. The Morgan fingerprint density at radius 3 is 1.82 bits per heavy atom. The molecule has 0 heterocycles. The Hall–Kier alpha value is -0.360. The maximum atomic E-state index is 10.9. The summed E-state index contributed by atoms with van der Waals surface area (Å²) >= 11 is 0. The normalized spacial score (nSPS) is 12.2. The minimum absolute atomic E-state index is 0.314. The van der Waals surface area contributed by atoms with Crippen LogP contribution in [0.3, 0.4) is 0 Å². The molecule has 130 valence electrons. The maximum Gasteiger partial charge on any atom is 0.318 e. The molecule has 0 aromatic carbocycles. The highest BCUT2D eigenvalue weighted by atomic mass is 33.1. The van der Waals surface area contributed by atoms with Crippen LogP contribution in [0.15, 0.2) is 0 Å². The van der Waals surface area contributed by atoms with Crippen molar-refractivity contribution in [2.24, 2.45) is 0 Å². The Balaban J connectivity index is 3.35. The van der Waals surface area contributed by atoms with Crippen molar-refractivity contribution >= 4 is 33.5 Å². The van der Waals surface area contributed by atoms with Gasteiger partial charge in [0.25, 0.3) is 0 Å². The molecule has 0 fully saturated rings. The summed E-state index contributed by atoms with van der Waals surface area (Å²) in [6.07, 6.45) is 12.5. The molecule has 1 unspecified atom stereocenters. The third kappa shape index (κ3) is 14.6. The van der Waals surface area contributed by atoms with Crippen molar-refractivity contribution in [2.75, 3.05) is 5.75 Å². The van der Waals surface area contributed by atoms with Crippen molar-refractivity contribution in [3.63, 3.8) is 0 Å². The highest BCUT2D eigenvalue weighted by Gasteiger charge is 2.21. The van der Waals surface area contributed by atoms with Gasteiger partial charge in [-0.3, -0.25) is 9.59 Å². The summed E-state index contributed by atoms with van der Waals surface area (Å²) < 4.78 is 0. The number of aliphatic carboxylic acids is 2. The zero-order chi connectivity index (χ0) is 16.6. The van der Waals surface area contributed by atoms with Crippen LogP contribution in [-0.4, -0.2) is 33.2 Å². The van der Waals surface area contributed by atoms with E-state index in [0.29, 0.717) is 0 Å². The van der Waals surface area contributed by atoms with Gasteiger partial charge < -0.3 is 10.2 Å². The second-order valence-corrected chi connectivity index (χ2v) is 8.21. The molecule has 0 radical (unpaired) electrons. The van der Waals surface area contributed by atoms with Crippen LogP contribution in [0, 0.1) is 0 Å². The topological polar surface area (TPSA) is 74.6 Å². The van der Waals surface area contributed by atoms with Crippen LogP contribution >= 0.6 is 21.6 Å². The van der Waals surface area contributed by atoms with E-state index in [9.17, 15) is 9.59 Å². The number of hydrogen-bond donors (Lipinski definition) is 2. The van der Waals surface area contributed by atoms with Crippen molar-refractivity contribution in [1.29, 1.82) is 0 Å². The minimum atomic E-state index is -1.06. The fourth-order valence-corrected chi connectivity index (χ4v) is 4.56. The van der Waals surface area contributed by atoms with Crippen molar-refractivity contribution < 1.29 is 19.8 Å². The second-order valence-electron chi connectivity index (χ2n) is 5.52. The monoisotopic (exact) mass is 350 g/mol. The van der Waals surface area contributed by atoms with E-state index in [1.165, 1.54) is 79.4 Å². The third-order valence-corrected chi connectivity index (χ3v) is 6.20. The third-order valence-electron chi connectivity index (χ3n) is 3.40. The molecule has 0 aliphatic heterocycles. The van der Waals surface area contributed by atoms with Gasteiger partial charge in [-0.25, -0.2) is 0 Å². The van der Waals surface area contributed by atoms with E-state index >= 15 is 0 Å². The first-order valence-corrected chi connectivity index (χ1v) is 10.7. The molecule has 0 aliphatic carbocycles. The second kappa shape index (κ2) is 15.5. The molecule has 6 heteroatoms. The van der Waals surface area contributed by atoms with Crippen LogP contribution in [0.1, 0.15) is 77.6 Å². The molecule has 0 amide bonds. The molecule has 0 aliphatic rings. The van der Waals surface area contributed by atoms with Gasteiger partial charge in [0.2, 0.25) is 0 Å². The lowest BCUT2D eigenvalue weighted by atomic mass is 10.1. The maximum absolute atomic E-state index is 10.9. The van der Waals surface area contributed by atoms with Crippen LogP contribution < -0.4 is 0 Å². The first-order valence-electron chi connectivity index (χ1n) is 8.30. The summed E-state index contributed by atoms with van der Waals surface area (Å²) in [6, 6.07) is 0. The zero-order valence-electron chi connectivity index (χ0n) is 13.6. The van der Waals surface area contributed by atoms with Crippen molar-refractivity contribution in [1.82, 2.24) is 0 Å². The van der Waals surface area contributed by atoms with E-state index in [1.54, 1.807) is 0 Å². The number of carboxylic acid groups (broad SMARTS) is 2. The number of unbranched alkanes of at least 4 members (excludes halogenated alkanes) is 9. The molecule has 0 aromatic heterocycles. The SMILES string of the molecule is CCCCCCCCCCCCSSC(CC(=O)O)C(=O)O. The average molecular weight is 351 g/mol. The number of carboxylic acids is 2. The Morgan fingerprint density at radius 2 is 1.36 bits per heavy atom. The van der Waals surface area contributed by atoms with Gasteiger partial charge in [0.05, 0.1) is 6.42 Å². The lowest BCUT2D eigenvalue weighted by molar-refractivity contribution is -0.142. The minimum Gasteiger partial charge on any atom is -0.481 e. The van der Waals surface area contributed by atoms with E-state index in [4.69, 9.17) is 10.2 Å². The molecular weight excluding hydrogens is 320 g/mol. The molecule has 22 heavy (non-hydrogen) atoms. The predicted molar refractivity (Wildman–Crippen MR) is 95.6 cm³/mol.